The van der Waals surface area contributed by atoms with Gasteiger partial charge in [0.05, 0.1) is 61.4 Å². The molecule has 0 bridgehead atoms. The average Bonchev–Trinajstić information content (AvgIpc) is 3.91. The van der Waals surface area contributed by atoms with Crippen LogP contribution >= 0.6 is 0 Å². The van der Waals surface area contributed by atoms with Gasteiger partial charge in [-0.3, -0.25) is 48.1 Å². The molecule has 1 heterocycles. The lowest BCUT2D eigenvalue weighted by molar-refractivity contribution is -0.149. The molecule has 82 heavy (non-hydrogen) atoms. The summed E-state index contributed by atoms with van der Waals surface area (Å²) in [5.41, 5.74) is 2.01. The van der Waals surface area contributed by atoms with Gasteiger partial charge in [0.1, 0.15) is 6.61 Å². The van der Waals surface area contributed by atoms with E-state index in [1.54, 1.807) is 75.9 Å². The molecule has 2 aromatic carbocycles. The second-order valence-corrected chi connectivity index (χ2v) is 23.8. The van der Waals surface area contributed by atoms with E-state index >= 15 is 0 Å². The minimum absolute atomic E-state index is 0.0164. The smallest absolute Gasteiger partial charge is 0.303 e. The van der Waals surface area contributed by atoms with Crippen molar-refractivity contribution in [3.05, 3.63) is 65.7 Å². The van der Waals surface area contributed by atoms with Crippen molar-refractivity contribution in [1.29, 1.82) is 0 Å². The molecule has 1 fully saturated rings. The standard InChI is InChI=1S/C63H98N6O13/c1-16-41(8)59(68(13)63(79)47(38(2)3)34-51(71)58(40(6)7)67(11)12)53(80-14)35-55(74)69-31-21-24-49(69)60(81-15)43(10)62(78)65-48(33-44-22-18-17-19-23-44)52(72)37-82-36-45-27-29-46(30-28-45)64-61(77)42(9)32-50(70)57(39(4)5)66-54(73)25-20-26-56(75)76/h17-19,22-23,27-30,38-43,47-49,53,57-60H,16,20-21,24-26,31-37H2,1-15H3,(H,64,77)(H,65,78)(H,66,73)(H,75,76)/t41-,42-,43+,47-,48-,49-,53+,57+,58-,59-,60+/m0/s1. The van der Waals surface area contributed by atoms with Gasteiger partial charge in [0, 0.05) is 71.0 Å². The van der Waals surface area contributed by atoms with Crippen molar-refractivity contribution >= 4 is 58.5 Å². The Bertz CT molecular complexity index is 2390. The highest BCUT2D eigenvalue weighted by Gasteiger charge is 2.44. The number of aliphatic carboxylic acids is 1. The van der Waals surface area contributed by atoms with E-state index in [4.69, 9.17) is 19.3 Å². The topological polar surface area (TPSA) is 247 Å². The predicted octanol–water partition coefficient (Wildman–Crippen LogP) is 7.17. The SMILES string of the molecule is CC[C@H](C)[C@@H]([C@@H](CC(=O)N1CCC[C@H]1[C@H](OC)[C@@H](C)C(=O)N[C@@H](Cc1ccccc1)C(=O)COCc1ccc(NC(=O)[C@@H](C)CC(=O)[C@H](NC(=O)CCCC(=O)O)C(C)C)cc1)OC)N(C)C(=O)[C@@H](CC(=O)[C@H](C(C)C)N(C)C)C(C)C. The number of likely N-dealkylation sites (N-methyl/N-ethyl adjacent to an activating group) is 2. The average molecular weight is 1150 g/mol. The summed E-state index contributed by atoms with van der Waals surface area (Å²) < 4.78 is 18.1. The summed E-state index contributed by atoms with van der Waals surface area (Å²) in [5, 5.41) is 17.4. The molecule has 11 atom stereocenters. The lowest BCUT2D eigenvalue weighted by atomic mass is 9.83. The highest BCUT2D eigenvalue weighted by molar-refractivity contribution is 5.97. The molecule has 1 aliphatic rings. The minimum Gasteiger partial charge on any atom is -0.481 e. The van der Waals surface area contributed by atoms with Crippen LogP contribution in [0.3, 0.4) is 0 Å². The number of ether oxygens (including phenoxy) is 3. The first-order chi connectivity index (χ1) is 38.7. The number of ketones is 3. The van der Waals surface area contributed by atoms with E-state index in [1.807, 2.05) is 90.9 Å². The number of nitrogens with zero attached hydrogens (tertiary/aromatic N) is 3. The van der Waals surface area contributed by atoms with Gasteiger partial charge in [-0.2, -0.15) is 0 Å². The summed E-state index contributed by atoms with van der Waals surface area (Å²) in [4.78, 5) is 126. The Labute approximate surface area is 488 Å². The van der Waals surface area contributed by atoms with Gasteiger partial charge in [-0.15, -0.1) is 0 Å². The molecule has 19 nitrogen and oxygen atoms in total. The molecule has 1 saturated heterocycles. The highest BCUT2D eigenvalue weighted by atomic mass is 16.5. The predicted molar refractivity (Wildman–Crippen MR) is 315 cm³/mol. The summed E-state index contributed by atoms with van der Waals surface area (Å²) in [6.45, 7) is 19.1. The fourth-order valence-corrected chi connectivity index (χ4v) is 11.3. The molecule has 0 aromatic heterocycles. The number of likely N-dealkylation sites (tertiary alicyclic amines) is 1. The van der Waals surface area contributed by atoms with E-state index in [9.17, 15) is 43.2 Å². The van der Waals surface area contributed by atoms with E-state index in [2.05, 4.69) is 16.0 Å². The normalized spacial score (nSPS) is 17.3. The van der Waals surface area contributed by atoms with Crippen LogP contribution in [0.4, 0.5) is 5.69 Å². The number of carbonyl (C=O) groups excluding carboxylic acids is 8. The van der Waals surface area contributed by atoms with Crippen molar-refractivity contribution in [2.24, 2.45) is 41.4 Å². The van der Waals surface area contributed by atoms with Crippen molar-refractivity contribution < 1.29 is 62.5 Å². The highest BCUT2D eigenvalue weighted by Crippen LogP contribution is 2.31. The van der Waals surface area contributed by atoms with Gasteiger partial charge >= 0.3 is 5.97 Å². The first-order valence-electron chi connectivity index (χ1n) is 29.4. The Hall–Kier alpha value is -5.89. The van der Waals surface area contributed by atoms with E-state index in [0.29, 0.717) is 37.1 Å². The van der Waals surface area contributed by atoms with Gasteiger partial charge in [-0.1, -0.05) is 118 Å². The van der Waals surface area contributed by atoms with Crippen LogP contribution in [0, 0.1) is 41.4 Å². The molecule has 0 saturated carbocycles. The quantitative estimate of drug-likeness (QED) is 0.0524. The molecule has 458 valence electrons. The number of carboxylic acid groups (broad SMARTS) is 1. The van der Waals surface area contributed by atoms with Gasteiger partial charge in [-0.25, -0.2) is 0 Å². The summed E-state index contributed by atoms with van der Waals surface area (Å²) >= 11 is 0. The van der Waals surface area contributed by atoms with Crippen molar-refractivity contribution in [3.8, 4) is 0 Å². The number of nitrogens with one attached hydrogen (secondary N) is 3. The second-order valence-electron chi connectivity index (χ2n) is 23.8. The largest absolute Gasteiger partial charge is 0.481 e. The molecule has 0 radical (unpaired) electrons. The maximum Gasteiger partial charge on any atom is 0.303 e. The first kappa shape index (κ1) is 70.4. The first-order valence-corrected chi connectivity index (χ1v) is 29.4. The summed E-state index contributed by atoms with van der Waals surface area (Å²) in [5.74, 6) is -5.69. The van der Waals surface area contributed by atoms with Gasteiger partial charge < -0.3 is 45.1 Å². The molecular formula is C63H98N6O13. The molecule has 19 heteroatoms. The van der Waals surface area contributed by atoms with Crippen LogP contribution in [0.15, 0.2) is 54.6 Å². The molecule has 1 aliphatic heterocycles. The van der Waals surface area contributed by atoms with Gasteiger partial charge in [0.2, 0.25) is 29.5 Å². The molecule has 5 amide bonds. The molecule has 3 rings (SSSR count). The molecule has 0 unspecified atom stereocenters. The van der Waals surface area contributed by atoms with Crippen LogP contribution in [-0.4, -0.2) is 164 Å². The zero-order valence-electron chi connectivity index (χ0n) is 51.7. The van der Waals surface area contributed by atoms with Gasteiger partial charge in [-0.05, 0) is 86.7 Å². The third kappa shape index (κ3) is 21.4. The van der Waals surface area contributed by atoms with Gasteiger partial charge in [0.25, 0.3) is 0 Å². The van der Waals surface area contributed by atoms with E-state index in [1.165, 1.54) is 7.11 Å². The number of carbonyl (C=O) groups is 9. The van der Waals surface area contributed by atoms with Crippen LogP contribution < -0.4 is 16.0 Å². The van der Waals surface area contributed by atoms with Crippen LogP contribution in [0.5, 0.6) is 0 Å². The number of benzene rings is 2. The Kier molecular flexibility index (Phi) is 29.7. The van der Waals surface area contributed by atoms with Crippen LogP contribution in [0.25, 0.3) is 0 Å². The van der Waals surface area contributed by atoms with E-state index < -0.39 is 77.8 Å². The summed E-state index contributed by atoms with van der Waals surface area (Å²) in [6, 6.07) is 13.1. The van der Waals surface area contributed by atoms with Crippen molar-refractivity contribution in [3.63, 3.8) is 0 Å². The Balaban J connectivity index is 1.69. The number of amides is 5. The fourth-order valence-electron chi connectivity index (χ4n) is 11.3. The van der Waals surface area contributed by atoms with Crippen molar-refractivity contribution in [2.45, 2.75) is 182 Å². The van der Waals surface area contributed by atoms with Gasteiger partial charge in [0.15, 0.2) is 17.3 Å². The monoisotopic (exact) mass is 1150 g/mol. The fraction of sp³-hybridized carbons (Fsp3) is 0.667. The number of rotatable bonds is 37. The van der Waals surface area contributed by atoms with Crippen LogP contribution in [0.2, 0.25) is 0 Å². The molecule has 0 aliphatic carbocycles. The zero-order chi connectivity index (χ0) is 61.5. The number of Topliss-reactive ketones (excluding diaryl/α,β-unsaturated/α-hetero) is 3. The van der Waals surface area contributed by atoms with Crippen molar-refractivity contribution in [2.75, 3.05) is 53.8 Å². The molecular weight excluding hydrogens is 1050 g/mol. The Morgan fingerprint density at radius 2 is 1.37 bits per heavy atom. The third-order valence-electron chi connectivity index (χ3n) is 16.1. The van der Waals surface area contributed by atoms with Crippen molar-refractivity contribution in [1.82, 2.24) is 25.3 Å². The molecule has 0 spiro atoms. The zero-order valence-corrected chi connectivity index (χ0v) is 51.7. The van der Waals surface area contributed by atoms with E-state index in [-0.39, 0.29) is 117 Å². The maximum absolute atomic E-state index is 14.5. The Morgan fingerprint density at radius 3 is 1.91 bits per heavy atom. The van der Waals surface area contributed by atoms with Crippen LogP contribution in [-0.2, 0) is 70.4 Å². The van der Waals surface area contributed by atoms with E-state index in [0.717, 1.165) is 5.56 Å². The number of methoxy groups -OCH3 is 2. The van der Waals surface area contributed by atoms with Crippen LogP contribution in [0.1, 0.15) is 138 Å². The number of hydrogen-bond donors (Lipinski definition) is 4. The summed E-state index contributed by atoms with van der Waals surface area (Å²) in [6.07, 6.45) is 0.674. The maximum atomic E-state index is 14.5. The third-order valence-corrected chi connectivity index (χ3v) is 16.1. The number of carboxylic acids is 1. The second kappa shape index (κ2) is 34.7. The minimum atomic E-state index is -1.01. The lowest BCUT2D eigenvalue weighted by Crippen LogP contribution is -2.55. The number of anilines is 1. The Morgan fingerprint density at radius 1 is 0.720 bits per heavy atom. The number of hydrogen-bond acceptors (Lipinski definition) is 13. The molecule has 4 N–H and O–H groups in total. The lowest BCUT2D eigenvalue weighted by Gasteiger charge is -2.41. The molecule has 2 aromatic rings. The summed E-state index contributed by atoms with van der Waals surface area (Å²) in [7, 11) is 8.57.